The summed E-state index contributed by atoms with van der Waals surface area (Å²) in [6.45, 7) is 6.60. The monoisotopic (exact) mass is 548 g/mol. The molecule has 3 fully saturated rings. The Kier molecular flexibility index (Phi) is 6.70. The summed E-state index contributed by atoms with van der Waals surface area (Å²) in [4.78, 5) is 17.4. The number of halogens is 4. The van der Waals surface area contributed by atoms with Crippen LogP contribution in [0.25, 0.3) is 0 Å². The number of sulfonamides is 1. The van der Waals surface area contributed by atoms with Crippen LogP contribution < -0.4 is 10.6 Å². The molecule has 12 heteroatoms. The van der Waals surface area contributed by atoms with Crippen LogP contribution in [0.3, 0.4) is 0 Å². The maximum absolute atomic E-state index is 13.3. The number of hydrogen-bond acceptors (Lipinski definition) is 5. The minimum atomic E-state index is -4.35. The lowest BCUT2D eigenvalue weighted by atomic mass is 9.38. The maximum atomic E-state index is 13.3. The van der Waals surface area contributed by atoms with Gasteiger partial charge < -0.3 is 10.6 Å². The zero-order chi connectivity index (χ0) is 26.7. The van der Waals surface area contributed by atoms with E-state index in [1.165, 1.54) is 0 Å². The molecule has 200 valence electrons. The standard InChI is InChI=1S/C24H32ClF3N4O3S/c1-15(2)36(34,35)32(11-16-5-7-17(25)8-6-16)23-12-22(13-23,14-23)20-30-18(21(3,4)31-20)19(33)29-10-9-24(26,27)28/h5-8,15,18H,9-14H2,1-4H3,(H,29,33)(H,30,31)/t18-,22?,23?/m0/s1. The van der Waals surface area contributed by atoms with Crippen molar-refractivity contribution in [1.82, 2.24) is 14.9 Å². The lowest BCUT2D eigenvalue weighted by Gasteiger charge is -2.73. The van der Waals surface area contributed by atoms with Gasteiger partial charge in [-0.2, -0.15) is 17.5 Å². The lowest BCUT2D eigenvalue weighted by molar-refractivity contribution is -0.151. The van der Waals surface area contributed by atoms with Crippen LogP contribution in [-0.4, -0.2) is 59.6 Å². The van der Waals surface area contributed by atoms with E-state index >= 15 is 0 Å². The van der Waals surface area contributed by atoms with E-state index in [-0.39, 0.29) is 12.0 Å². The molecule has 1 heterocycles. The zero-order valence-electron chi connectivity index (χ0n) is 20.7. The summed E-state index contributed by atoms with van der Waals surface area (Å²) >= 11 is 5.99. The highest BCUT2D eigenvalue weighted by Gasteiger charge is 2.75. The van der Waals surface area contributed by atoms with Gasteiger partial charge in [-0.15, -0.1) is 0 Å². The van der Waals surface area contributed by atoms with E-state index in [0.29, 0.717) is 30.1 Å². The average molecular weight is 549 g/mol. The molecule has 3 aliphatic carbocycles. The average Bonchev–Trinajstić information content (AvgIpc) is 3.00. The Balaban J connectivity index is 1.46. The summed E-state index contributed by atoms with van der Waals surface area (Å²) < 4.78 is 65.6. The molecule has 0 aromatic heterocycles. The molecule has 0 unspecified atom stereocenters. The number of amidine groups is 1. The van der Waals surface area contributed by atoms with Gasteiger partial charge in [0.25, 0.3) is 0 Å². The van der Waals surface area contributed by atoms with Gasteiger partial charge in [-0.25, -0.2) is 8.42 Å². The topological polar surface area (TPSA) is 90.9 Å². The fourth-order valence-electron chi connectivity index (χ4n) is 5.57. The van der Waals surface area contributed by atoms with E-state index in [2.05, 4.69) is 10.6 Å². The predicted octanol–water partition coefficient (Wildman–Crippen LogP) is 4.02. The fraction of sp³-hybridized carbons (Fsp3) is 0.667. The third-order valence-electron chi connectivity index (χ3n) is 7.53. The first-order chi connectivity index (χ1) is 16.5. The quantitative estimate of drug-likeness (QED) is 0.488. The minimum absolute atomic E-state index is 0.239. The van der Waals surface area contributed by atoms with Gasteiger partial charge in [-0.3, -0.25) is 9.79 Å². The van der Waals surface area contributed by atoms with E-state index < -0.39 is 57.4 Å². The van der Waals surface area contributed by atoms with Crippen molar-refractivity contribution in [2.75, 3.05) is 6.54 Å². The minimum Gasteiger partial charge on any atom is -0.360 e. The number of nitrogens with one attached hydrogen (secondary N) is 2. The van der Waals surface area contributed by atoms with Crippen molar-refractivity contribution < 1.29 is 26.4 Å². The number of alkyl halides is 3. The van der Waals surface area contributed by atoms with Crippen molar-refractivity contribution in [2.45, 2.75) is 88.5 Å². The Hall–Kier alpha value is -1.85. The Morgan fingerprint density at radius 1 is 1.22 bits per heavy atom. The van der Waals surface area contributed by atoms with Crippen molar-refractivity contribution in [2.24, 2.45) is 10.4 Å². The van der Waals surface area contributed by atoms with Crippen LogP contribution in [-0.2, 0) is 21.4 Å². The molecule has 1 amide bonds. The number of hydrogen-bond donors (Lipinski definition) is 2. The van der Waals surface area contributed by atoms with Crippen LogP contribution in [0.4, 0.5) is 13.2 Å². The molecular weight excluding hydrogens is 517 g/mol. The van der Waals surface area contributed by atoms with Crippen LogP contribution in [0.15, 0.2) is 29.3 Å². The van der Waals surface area contributed by atoms with Crippen molar-refractivity contribution in [3.05, 3.63) is 34.9 Å². The van der Waals surface area contributed by atoms with E-state index in [1.54, 1.807) is 44.1 Å². The highest BCUT2D eigenvalue weighted by Crippen LogP contribution is 2.71. The highest BCUT2D eigenvalue weighted by molar-refractivity contribution is 7.89. The summed E-state index contributed by atoms with van der Waals surface area (Å²) in [7, 11) is -3.56. The van der Waals surface area contributed by atoms with Gasteiger partial charge in [0.1, 0.15) is 11.9 Å². The summed E-state index contributed by atoms with van der Waals surface area (Å²) in [6.07, 6.45) is -3.72. The largest absolute Gasteiger partial charge is 0.390 e. The molecule has 2 bridgehead atoms. The van der Waals surface area contributed by atoms with Gasteiger partial charge in [0.05, 0.1) is 17.2 Å². The second kappa shape index (κ2) is 8.87. The SMILES string of the molecule is CC(C)S(=O)(=O)N(Cc1ccc(Cl)cc1)C12CC(C3=NC(C)(C)[C@H](C(=O)NCCC(F)(F)F)N3)(C1)C2. The van der Waals surface area contributed by atoms with E-state index in [9.17, 15) is 26.4 Å². The van der Waals surface area contributed by atoms with E-state index in [1.807, 2.05) is 12.1 Å². The fourth-order valence-corrected chi connectivity index (χ4v) is 7.27. The third-order valence-corrected chi connectivity index (χ3v) is 10.1. The van der Waals surface area contributed by atoms with Crippen LogP contribution in [0, 0.1) is 5.41 Å². The molecule has 7 nitrogen and oxygen atoms in total. The van der Waals surface area contributed by atoms with Crippen molar-refractivity contribution in [3.63, 3.8) is 0 Å². The Morgan fingerprint density at radius 2 is 1.81 bits per heavy atom. The molecule has 0 spiro atoms. The number of benzene rings is 1. The van der Waals surface area contributed by atoms with Crippen LogP contribution in [0.1, 0.15) is 58.9 Å². The number of carbonyl (C=O) groups excluding carboxylic acids is 1. The number of aliphatic imine (C=N–C) groups is 1. The van der Waals surface area contributed by atoms with Crippen LogP contribution in [0.2, 0.25) is 5.02 Å². The van der Waals surface area contributed by atoms with Crippen molar-refractivity contribution >= 4 is 33.4 Å². The molecule has 1 aromatic carbocycles. The molecule has 3 saturated carbocycles. The van der Waals surface area contributed by atoms with Gasteiger partial charge in [-0.1, -0.05) is 23.7 Å². The first kappa shape index (κ1) is 27.2. The molecule has 36 heavy (non-hydrogen) atoms. The number of nitrogens with zero attached hydrogens (tertiary/aromatic N) is 2. The first-order valence-electron chi connectivity index (χ1n) is 12.0. The molecule has 4 aliphatic rings. The Bertz CT molecular complexity index is 1150. The van der Waals surface area contributed by atoms with Gasteiger partial charge >= 0.3 is 6.18 Å². The second-order valence-electron chi connectivity index (χ2n) is 11.1. The molecular formula is C24H32ClF3N4O3S. The molecule has 5 rings (SSSR count). The van der Waals surface area contributed by atoms with Crippen LogP contribution >= 0.6 is 11.6 Å². The first-order valence-corrected chi connectivity index (χ1v) is 13.9. The number of rotatable bonds is 9. The Labute approximate surface area is 214 Å². The van der Waals surface area contributed by atoms with E-state index in [4.69, 9.17) is 16.6 Å². The van der Waals surface area contributed by atoms with Gasteiger partial charge in [-0.05, 0) is 64.7 Å². The van der Waals surface area contributed by atoms with Gasteiger partial charge in [0.15, 0.2) is 0 Å². The maximum Gasteiger partial charge on any atom is 0.390 e. The molecule has 0 saturated heterocycles. The number of carbonyl (C=O) groups is 1. The van der Waals surface area contributed by atoms with E-state index in [0.717, 1.165) is 5.56 Å². The number of amides is 1. The molecule has 0 radical (unpaired) electrons. The molecule has 1 aliphatic heterocycles. The van der Waals surface area contributed by atoms with Crippen LogP contribution in [0.5, 0.6) is 0 Å². The summed E-state index contributed by atoms with van der Waals surface area (Å²) in [5, 5.41) is 5.50. The van der Waals surface area contributed by atoms with Crippen molar-refractivity contribution in [1.29, 1.82) is 0 Å². The molecule has 1 atom stereocenters. The second-order valence-corrected chi connectivity index (χ2v) is 14.0. The predicted molar refractivity (Wildman–Crippen MR) is 132 cm³/mol. The normalized spacial score (nSPS) is 28.8. The van der Waals surface area contributed by atoms with Crippen molar-refractivity contribution in [3.8, 4) is 0 Å². The highest BCUT2D eigenvalue weighted by atomic mass is 35.5. The molecule has 1 aromatic rings. The smallest absolute Gasteiger partial charge is 0.360 e. The summed E-state index contributed by atoms with van der Waals surface area (Å²) in [5.74, 6) is 0.106. The van der Waals surface area contributed by atoms with Gasteiger partial charge in [0.2, 0.25) is 15.9 Å². The molecule has 2 N–H and O–H groups in total. The Morgan fingerprint density at radius 3 is 2.33 bits per heavy atom. The summed E-state index contributed by atoms with van der Waals surface area (Å²) in [6, 6.07) is 6.31. The summed E-state index contributed by atoms with van der Waals surface area (Å²) in [5.41, 5.74) is -0.879. The third kappa shape index (κ3) is 4.86. The zero-order valence-corrected chi connectivity index (χ0v) is 22.3. The van der Waals surface area contributed by atoms with Gasteiger partial charge in [0, 0.05) is 29.1 Å². The lowest BCUT2D eigenvalue weighted by Crippen LogP contribution is -2.79.